The lowest BCUT2D eigenvalue weighted by Crippen LogP contribution is -2.06. The van der Waals surface area contributed by atoms with Crippen molar-refractivity contribution in [3.63, 3.8) is 0 Å². The second-order valence-corrected chi connectivity index (χ2v) is 7.37. The van der Waals surface area contributed by atoms with Crippen molar-refractivity contribution in [1.29, 1.82) is 0 Å². The maximum absolute atomic E-state index is 15.2. The quantitative estimate of drug-likeness (QED) is 0.367. The van der Waals surface area contributed by atoms with Gasteiger partial charge in [-0.05, 0) is 52.9 Å². The van der Waals surface area contributed by atoms with E-state index in [0.29, 0.717) is 12.1 Å². The Bertz CT molecular complexity index is 1280. The highest BCUT2D eigenvalue weighted by Gasteiger charge is 2.14. The summed E-state index contributed by atoms with van der Waals surface area (Å²) in [6.07, 6.45) is 6.63. The van der Waals surface area contributed by atoms with E-state index in [-0.39, 0.29) is 11.5 Å². The molecule has 0 aliphatic heterocycles. The first-order valence-electron chi connectivity index (χ1n) is 10.2. The van der Waals surface area contributed by atoms with Crippen molar-refractivity contribution >= 4 is 18.0 Å². The number of nitrogens with one attached hydrogen (secondary N) is 1. The van der Waals surface area contributed by atoms with E-state index in [9.17, 15) is 0 Å². The van der Waals surface area contributed by atoms with Crippen molar-refractivity contribution in [2.24, 2.45) is 0 Å². The van der Waals surface area contributed by atoms with Crippen LogP contribution in [0.4, 0.5) is 10.2 Å². The van der Waals surface area contributed by atoms with Gasteiger partial charge in [0.15, 0.2) is 11.6 Å². The summed E-state index contributed by atoms with van der Waals surface area (Å²) in [5.74, 6) is -0.325. The zero-order chi connectivity index (χ0) is 22.5. The van der Waals surface area contributed by atoms with Gasteiger partial charge < -0.3 is 5.32 Å². The Morgan fingerprint density at radius 3 is 2.31 bits per heavy atom. The third-order valence-electron chi connectivity index (χ3n) is 5.23. The van der Waals surface area contributed by atoms with Gasteiger partial charge in [0.05, 0.1) is 0 Å². The van der Waals surface area contributed by atoms with Gasteiger partial charge in [0.25, 0.3) is 0 Å². The fraction of sp³-hybridized carbons (Fsp3) is 0.0741. The molecule has 0 radical (unpaired) electrons. The molecule has 5 heteroatoms. The maximum Gasteiger partial charge on any atom is 0.191 e. The van der Waals surface area contributed by atoms with Gasteiger partial charge in [0.2, 0.25) is 0 Å². The van der Waals surface area contributed by atoms with Gasteiger partial charge in [-0.3, -0.25) is 4.98 Å². The molecule has 0 bridgehead atoms. The first kappa shape index (κ1) is 21.1. The fourth-order valence-electron chi connectivity index (χ4n) is 3.51. The molecular weight excluding hydrogens is 399 g/mol. The van der Waals surface area contributed by atoms with Crippen LogP contribution >= 0.6 is 0 Å². The predicted molar refractivity (Wildman–Crippen MR) is 129 cm³/mol. The minimum Gasteiger partial charge on any atom is -0.363 e. The lowest BCUT2D eigenvalue weighted by molar-refractivity contribution is 0.621. The molecule has 0 fully saturated rings. The number of nitrogens with zero attached hydrogens (tertiary/aromatic N) is 3. The smallest absolute Gasteiger partial charge is 0.191 e. The zero-order valence-corrected chi connectivity index (χ0v) is 17.8. The van der Waals surface area contributed by atoms with Crippen molar-refractivity contribution in [2.45, 2.75) is 13.5 Å². The maximum atomic E-state index is 15.2. The summed E-state index contributed by atoms with van der Waals surface area (Å²) in [7, 11) is 0. The lowest BCUT2D eigenvalue weighted by atomic mass is 10.0. The Morgan fingerprint density at radius 1 is 0.844 bits per heavy atom. The van der Waals surface area contributed by atoms with E-state index in [1.165, 1.54) is 6.33 Å². The number of aryl methyl sites for hydroxylation is 1. The molecule has 158 valence electrons. The van der Waals surface area contributed by atoms with Crippen LogP contribution in [0, 0.1) is 12.7 Å². The Balaban J connectivity index is 1.52. The Morgan fingerprint density at radius 2 is 1.59 bits per heavy atom. The molecule has 2 aromatic heterocycles. The molecular formula is C27H23FN4. The van der Waals surface area contributed by atoms with E-state index in [0.717, 1.165) is 33.5 Å². The average molecular weight is 423 g/mol. The van der Waals surface area contributed by atoms with E-state index in [1.54, 1.807) is 18.3 Å². The largest absolute Gasteiger partial charge is 0.363 e. The minimum absolute atomic E-state index is 0.164. The molecule has 0 aliphatic carbocycles. The summed E-state index contributed by atoms with van der Waals surface area (Å²) in [6.45, 7) is 10.0. The first-order chi connectivity index (χ1) is 15.6. The molecule has 1 N–H and O–H groups in total. The molecule has 0 saturated carbocycles. The molecule has 4 nitrogen and oxygen atoms in total. The van der Waals surface area contributed by atoms with Crippen LogP contribution in [0.3, 0.4) is 0 Å². The first-order valence-corrected chi connectivity index (χ1v) is 10.2. The number of hydrogen-bond acceptors (Lipinski definition) is 4. The van der Waals surface area contributed by atoms with Crippen molar-refractivity contribution in [3.8, 4) is 22.4 Å². The van der Waals surface area contributed by atoms with Gasteiger partial charge in [-0.25, -0.2) is 14.4 Å². The van der Waals surface area contributed by atoms with Crippen LogP contribution in [0.1, 0.15) is 22.4 Å². The van der Waals surface area contributed by atoms with Crippen LogP contribution in [0.15, 0.2) is 80.3 Å². The van der Waals surface area contributed by atoms with Crippen molar-refractivity contribution in [2.75, 3.05) is 5.32 Å². The molecule has 32 heavy (non-hydrogen) atoms. The number of rotatable bonds is 7. The van der Waals surface area contributed by atoms with E-state index in [4.69, 9.17) is 0 Å². The summed E-state index contributed by atoms with van der Waals surface area (Å²) in [4.78, 5) is 12.5. The number of hydrogen-bond donors (Lipinski definition) is 1. The summed E-state index contributed by atoms with van der Waals surface area (Å²) in [5.41, 5.74) is 6.91. The van der Waals surface area contributed by atoms with Crippen LogP contribution in [-0.2, 0) is 6.54 Å². The van der Waals surface area contributed by atoms with Crippen LogP contribution < -0.4 is 5.32 Å². The third kappa shape index (κ3) is 4.47. The normalized spacial score (nSPS) is 10.6. The highest BCUT2D eigenvalue weighted by atomic mass is 19.1. The van der Waals surface area contributed by atoms with Crippen LogP contribution in [0.2, 0.25) is 0 Å². The molecule has 0 aliphatic rings. The molecule has 0 spiro atoms. The molecule has 2 heterocycles. The standard InChI is InChI=1S/C27H23FN4/c1-4-20-10-11-24(15-21(20)5-2)26-25(28)27(32-17-31-26)30-16-19-6-8-22(9-7-19)23-12-13-29-18(3)14-23/h4-15,17H,1-2,16H2,3H3,(H,30,31,32). The Labute approximate surface area is 187 Å². The number of benzene rings is 2. The number of aromatic nitrogens is 3. The number of halogens is 1. The van der Waals surface area contributed by atoms with E-state index >= 15 is 4.39 Å². The fourth-order valence-corrected chi connectivity index (χ4v) is 3.51. The number of pyridine rings is 1. The van der Waals surface area contributed by atoms with Crippen LogP contribution in [0.5, 0.6) is 0 Å². The molecule has 0 unspecified atom stereocenters. The molecule has 4 rings (SSSR count). The van der Waals surface area contributed by atoms with Crippen LogP contribution in [0.25, 0.3) is 34.5 Å². The third-order valence-corrected chi connectivity index (χ3v) is 5.23. The lowest BCUT2D eigenvalue weighted by Gasteiger charge is -2.11. The summed E-state index contributed by atoms with van der Waals surface area (Å²) in [6, 6.07) is 17.7. The van der Waals surface area contributed by atoms with E-state index in [1.807, 2.05) is 61.5 Å². The number of anilines is 1. The second kappa shape index (κ2) is 9.35. The van der Waals surface area contributed by atoms with Gasteiger partial charge in [-0.1, -0.05) is 61.7 Å². The van der Waals surface area contributed by atoms with E-state index < -0.39 is 5.82 Å². The minimum atomic E-state index is -0.488. The molecule has 2 aromatic carbocycles. The monoisotopic (exact) mass is 422 g/mol. The SMILES string of the molecule is C=Cc1ccc(-c2ncnc(NCc3ccc(-c4ccnc(C)c4)cc3)c2F)cc1C=C. The second-order valence-electron chi connectivity index (χ2n) is 7.37. The van der Waals surface area contributed by atoms with Gasteiger partial charge in [0, 0.05) is 24.0 Å². The van der Waals surface area contributed by atoms with Gasteiger partial charge in [-0.15, -0.1) is 0 Å². The highest BCUT2D eigenvalue weighted by Crippen LogP contribution is 2.27. The summed E-state index contributed by atoms with van der Waals surface area (Å²) >= 11 is 0. The van der Waals surface area contributed by atoms with Crippen molar-refractivity contribution in [1.82, 2.24) is 15.0 Å². The Hall–Kier alpha value is -4.12. The summed E-state index contributed by atoms with van der Waals surface area (Å²) in [5, 5.41) is 3.09. The predicted octanol–water partition coefficient (Wildman–Crippen LogP) is 6.55. The average Bonchev–Trinajstić information content (AvgIpc) is 2.83. The topological polar surface area (TPSA) is 50.7 Å². The molecule has 0 atom stereocenters. The molecule has 0 saturated heterocycles. The van der Waals surface area contributed by atoms with Crippen molar-refractivity contribution in [3.05, 3.63) is 108 Å². The molecule has 4 aromatic rings. The highest BCUT2D eigenvalue weighted by molar-refractivity contribution is 5.72. The van der Waals surface area contributed by atoms with Gasteiger partial charge in [0.1, 0.15) is 12.0 Å². The van der Waals surface area contributed by atoms with Gasteiger partial charge in [-0.2, -0.15) is 0 Å². The van der Waals surface area contributed by atoms with Gasteiger partial charge >= 0.3 is 0 Å². The Kier molecular flexibility index (Phi) is 6.17. The zero-order valence-electron chi connectivity index (χ0n) is 17.8. The van der Waals surface area contributed by atoms with E-state index in [2.05, 4.69) is 33.4 Å². The molecule has 0 amide bonds. The van der Waals surface area contributed by atoms with Crippen LogP contribution in [-0.4, -0.2) is 15.0 Å². The summed E-state index contributed by atoms with van der Waals surface area (Å²) < 4.78 is 15.2. The van der Waals surface area contributed by atoms with Crippen molar-refractivity contribution < 1.29 is 4.39 Å².